The van der Waals surface area contributed by atoms with Gasteiger partial charge in [-0.25, -0.2) is 0 Å². The highest BCUT2D eigenvalue weighted by atomic mass is 16.5. The van der Waals surface area contributed by atoms with E-state index in [1.807, 2.05) is 19.1 Å². The van der Waals surface area contributed by atoms with Crippen LogP contribution in [0, 0.1) is 11.8 Å². The molecule has 110 valence electrons. The quantitative estimate of drug-likeness (QED) is 0.778. The van der Waals surface area contributed by atoms with Crippen LogP contribution in [-0.4, -0.2) is 27.9 Å². The van der Waals surface area contributed by atoms with Gasteiger partial charge in [0.05, 0.1) is 21.3 Å². The SMILES string of the molecule is CC#CCC(NCC)c1ccc(OC)c(OC)c1OC. The van der Waals surface area contributed by atoms with Crippen LogP contribution in [0.15, 0.2) is 12.1 Å². The predicted molar refractivity (Wildman–Crippen MR) is 80.6 cm³/mol. The Balaban J connectivity index is 3.28. The molecule has 0 aliphatic heterocycles. The van der Waals surface area contributed by atoms with Gasteiger partial charge in [0.2, 0.25) is 5.75 Å². The number of hydrogen-bond acceptors (Lipinski definition) is 4. The van der Waals surface area contributed by atoms with E-state index in [4.69, 9.17) is 14.2 Å². The first-order valence-electron chi connectivity index (χ1n) is 6.65. The highest BCUT2D eigenvalue weighted by molar-refractivity contribution is 5.56. The number of nitrogens with one attached hydrogen (secondary N) is 1. The van der Waals surface area contributed by atoms with E-state index >= 15 is 0 Å². The van der Waals surface area contributed by atoms with Crippen molar-refractivity contribution in [3.8, 4) is 29.1 Å². The summed E-state index contributed by atoms with van der Waals surface area (Å²) in [7, 11) is 4.86. The van der Waals surface area contributed by atoms with Crippen LogP contribution >= 0.6 is 0 Å². The molecule has 0 saturated carbocycles. The van der Waals surface area contributed by atoms with Gasteiger partial charge in [-0.2, -0.15) is 0 Å². The summed E-state index contributed by atoms with van der Waals surface area (Å²) in [5, 5.41) is 3.42. The van der Waals surface area contributed by atoms with Gasteiger partial charge in [-0.1, -0.05) is 6.92 Å². The highest BCUT2D eigenvalue weighted by Crippen LogP contribution is 2.42. The Hall–Kier alpha value is -1.86. The third kappa shape index (κ3) is 3.58. The lowest BCUT2D eigenvalue weighted by molar-refractivity contribution is 0.319. The maximum atomic E-state index is 5.52. The summed E-state index contributed by atoms with van der Waals surface area (Å²) < 4.78 is 16.2. The van der Waals surface area contributed by atoms with E-state index in [2.05, 4.69) is 24.1 Å². The minimum atomic E-state index is 0.0993. The average molecular weight is 277 g/mol. The molecule has 0 aliphatic rings. The molecule has 0 radical (unpaired) electrons. The molecule has 1 atom stereocenters. The molecule has 0 fully saturated rings. The van der Waals surface area contributed by atoms with Crippen molar-refractivity contribution in [1.29, 1.82) is 0 Å². The molecule has 1 N–H and O–H groups in total. The van der Waals surface area contributed by atoms with Gasteiger partial charge in [0.15, 0.2) is 11.5 Å². The fourth-order valence-electron chi connectivity index (χ4n) is 2.14. The minimum Gasteiger partial charge on any atom is -0.493 e. The number of ether oxygens (including phenoxy) is 3. The fourth-order valence-corrected chi connectivity index (χ4v) is 2.14. The van der Waals surface area contributed by atoms with Gasteiger partial charge >= 0.3 is 0 Å². The zero-order valence-corrected chi connectivity index (χ0v) is 12.9. The van der Waals surface area contributed by atoms with Crippen molar-refractivity contribution in [3.05, 3.63) is 17.7 Å². The molecule has 4 nitrogen and oxygen atoms in total. The van der Waals surface area contributed by atoms with Gasteiger partial charge in [-0.05, 0) is 25.6 Å². The summed E-state index contributed by atoms with van der Waals surface area (Å²) in [6, 6.07) is 3.98. The van der Waals surface area contributed by atoms with Gasteiger partial charge in [0.25, 0.3) is 0 Å². The number of rotatable bonds is 7. The average Bonchev–Trinajstić information content (AvgIpc) is 2.49. The van der Waals surface area contributed by atoms with Gasteiger partial charge in [-0.15, -0.1) is 11.8 Å². The normalized spacial score (nSPS) is 11.2. The molecule has 4 heteroatoms. The topological polar surface area (TPSA) is 39.7 Å². The van der Waals surface area contributed by atoms with Crippen molar-refractivity contribution in [1.82, 2.24) is 5.32 Å². The summed E-state index contributed by atoms with van der Waals surface area (Å²) in [5.41, 5.74) is 1.02. The molecule has 1 unspecified atom stereocenters. The minimum absolute atomic E-state index is 0.0993. The van der Waals surface area contributed by atoms with Crippen molar-refractivity contribution < 1.29 is 14.2 Å². The van der Waals surface area contributed by atoms with E-state index in [1.54, 1.807) is 21.3 Å². The van der Waals surface area contributed by atoms with Gasteiger partial charge in [0, 0.05) is 18.0 Å². The third-order valence-electron chi connectivity index (χ3n) is 3.04. The van der Waals surface area contributed by atoms with Crippen LogP contribution in [-0.2, 0) is 0 Å². The van der Waals surface area contributed by atoms with E-state index in [0.717, 1.165) is 18.5 Å². The summed E-state index contributed by atoms with van der Waals surface area (Å²) in [4.78, 5) is 0. The van der Waals surface area contributed by atoms with E-state index in [-0.39, 0.29) is 6.04 Å². The Labute approximate surface area is 121 Å². The molecule has 0 amide bonds. The molecule has 0 spiro atoms. The van der Waals surface area contributed by atoms with Crippen molar-refractivity contribution >= 4 is 0 Å². The number of hydrogen-bond donors (Lipinski definition) is 1. The van der Waals surface area contributed by atoms with Crippen molar-refractivity contribution in [2.75, 3.05) is 27.9 Å². The second kappa shape index (κ2) is 8.34. The fraction of sp³-hybridized carbons (Fsp3) is 0.500. The van der Waals surface area contributed by atoms with Crippen molar-refractivity contribution in [2.45, 2.75) is 26.3 Å². The second-order valence-electron chi connectivity index (χ2n) is 4.16. The second-order valence-corrected chi connectivity index (χ2v) is 4.16. The Kier molecular flexibility index (Phi) is 6.75. The molecule has 1 rings (SSSR count). The van der Waals surface area contributed by atoms with Crippen LogP contribution in [0.3, 0.4) is 0 Å². The Morgan fingerprint density at radius 2 is 1.80 bits per heavy atom. The summed E-state index contributed by atoms with van der Waals surface area (Å²) in [6.45, 7) is 4.77. The maximum absolute atomic E-state index is 5.52. The van der Waals surface area contributed by atoms with Crippen LogP contribution < -0.4 is 19.5 Å². The number of benzene rings is 1. The third-order valence-corrected chi connectivity index (χ3v) is 3.04. The van der Waals surface area contributed by atoms with Crippen LogP contribution in [0.4, 0.5) is 0 Å². The van der Waals surface area contributed by atoms with Crippen LogP contribution in [0.1, 0.15) is 31.9 Å². The Morgan fingerprint density at radius 1 is 1.10 bits per heavy atom. The highest BCUT2D eigenvalue weighted by Gasteiger charge is 2.21. The lowest BCUT2D eigenvalue weighted by Gasteiger charge is -2.21. The van der Waals surface area contributed by atoms with Gasteiger partial charge in [0.1, 0.15) is 0 Å². The largest absolute Gasteiger partial charge is 0.493 e. The van der Waals surface area contributed by atoms with E-state index in [1.165, 1.54) is 0 Å². The summed E-state index contributed by atoms with van der Waals surface area (Å²) in [6.07, 6.45) is 0.718. The van der Waals surface area contributed by atoms with E-state index < -0.39 is 0 Å². The molecule has 1 aromatic rings. The molecule has 20 heavy (non-hydrogen) atoms. The van der Waals surface area contributed by atoms with Crippen LogP contribution in [0.25, 0.3) is 0 Å². The van der Waals surface area contributed by atoms with Gasteiger partial charge < -0.3 is 19.5 Å². The molecular formula is C16H23NO3. The first kappa shape index (κ1) is 16.2. The molecule has 0 bridgehead atoms. The van der Waals surface area contributed by atoms with Crippen molar-refractivity contribution in [3.63, 3.8) is 0 Å². The van der Waals surface area contributed by atoms with Crippen molar-refractivity contribution in [2.24, 2.45) is 0 Å². The maximum Gasteiger partial charge on any atom is 0.203 e. The summed E-state index contributed by atoms with van der Waals surface area (Å²) >= 11 is 0. The molecule has 0 aliphatic carbocycles. The van der Waals surface area contributed by atoms with E-state index in [0.29, 0.717) is 17.2 Å². The van der Waals surface area contributed by atoms with Gasteiger partial charge in [-0.3, -0.25) is 0 Å². The zero-order valence-electron chi connectivity index (χ0n) is 12.9. The summed E-state index contributed by atoms with van der Waals surface area (Å²) in [5.74, 6) is 8.00. The predicted octanol–water partition coefficient (Wildman–Crippen LogP) is 2.78. The molecule has 1 aromatic carbocycles. The van der Waals surface area contributed by atoms with Crippen LogP contribution in [0.2, 0.25) is 0 Å². The molecule has 0 saturated heterocycles. The Bertz CT molecular complexity index is 488. The monoisotopic (exact) mass is 277 g/mol. The van der Waals surface area contributed by atoms with E-state index in [9.17, 15) is 0 Å². The standard InChI is InChI=1S/C16H23NO3/c1-6-8-9-13(17-7-2)12-10-11-14(18-3)16(20-5)15(12)19-4/h10-11,13,17H,7,9H2,1-5H3. The smallest absolute Gasteiger partial charge is 0.203 e. The Morgan fingerprint density at radius 3 is 2.30 bits per heavy atom. The first-order chi connectivity index (χ1) is 9.73. The lowest BCUT2D eigenvalue weighted by atomic mass is 10.0. The molecule has 0 heterocycles. The molecule has 0 aromatic heterocycles. The zero-order chi connectivity index (χ0) is 15.0. The lowest BCUT2D eigenvalue weighted by Crippen LogP contribution is -2.21. The first-order valence-corrected chi connectivity index (χ1v) is 6.65. The molecular weight excluding hydrogens is 254 g/mol. The van der Waals surface area contributed by atoms with Crippen LogP contribution in [0.5, 0.6) is 17.2 Å². The number of methoxy groups -OCH3 is 3.